The third-order valence-corrected chi connectivity index (χ3v) is 4.87. The van der Waals surface area contributed by atoms with Crippen LogP contribution in [-0.4, -0.2) is 61.0 Å². The van der Waals surface area contributed by atoms with Crippen molar-refractivity contribution in [3.63, 3.8) is 0 Å². The Morgan fingerprint density at radius 2 is 1.95 bits per heavy atom. The molecule has 1 aromatic rings. The van der Waals surface area contributed by atoms with Crippen molar-refractivity contribution in [3.05, 3.63) is 34.1 Å². The number of rotatable bonds is 2. The smallest absolute Gasteiger partial charge is 0.255 e. The van der Waals surface area contributed by atoms with Crippen molar-refractivity contribution in [2.45, 2.75) is 6.04 Å². The predicted octanol–water partition coefficient (Wildman–Crippen LogP) is 1.32. The van der Waals surface area contributed by atoms with Gasteiger partial charge in [0.05, 0.1) is 10.0 Å². The van der Waals surface area contributed by atoms with E-state index in [1.807, 2.05) is 4.90 Å². The van der Waals surface area contributed by atoms with E-state index in [1.54, 1.807) is 12.1 Å². The SMILES string of the molecule is O=C(c1cccc(F)c1Br)N1CCN(C2CNC2)CC1. The van der Waals surface area contributed by atoms with Crippen molar-refractivity contribution in [2.24, 2.45) is 0 Å². The molecule has 2 aliphatic heterocycles. The molecule has 1 aromatic carbocycles. The molecule has 1 amide bonds. The van der Waals surface area contributed by atoms with Gasteiger partial charge in [0.25, 0.3) is 5.91 Å². The fraction of sp³-hybridized carbons (Fsp3) is 0.500. The zero-order valence-corrected chi connectivity index (χ0v) is 12.7. The Morgan fingerprint density at radius 1 is 1.25 bits per heavy atom. The molecule has 0 radical (unpaired) electrons. The molecule has 108 valence electrons. The van der Waals surface area contributed by atoms with E-state index >= 15 is 0 Å². The molecule has 4 nitrogen and oxygen atoms in total. The highest BCUT2D eigenvalue weighted by Crippen LogP contribution is 2.22. The molecular formula is C14H17BrFN3O. The lowest BCUT2D eigenvalue weighted by Crippen LogP contribution is -2.62. The van der Waals surface area contributed by atoms with Crippen LogP contribution in [0.4, 0.5) is 4.39 Å². The Hall–Kier alpha value is -0.980. The van der Waals surface area contributed by atoms with E-state index in [4.69, 9.17) is 0 Å². The van der Waals surface area contributed by atoms with Crippen LogP contribution in [0.2, 0.25) is 0 Å². The fourth-order valence-electron chi connectivity index (χ4n) is 2.66. The number of carbonyl (C=O) groups is 1. The molecule has 2 fully saturated rings. The van der Waals surface area contributed by atoms with Gasteiger partial charge in [-0.3, -0.25) is 9.69 Å². The van der Waals surface area contributed by atoms with Crippen LogP contribution >= 0.6 is 15.9 Å². The third-order valence-electron chi connectivity index (χ3n) is 4.06. The first-order valence-corrected chi connectivity index (χ1v) is 7.64. The first-order valence-electron chi connectivity index (χ1n) is 6.85. The minimum atomic E-state index is -0.393. The van der Waals surface area contributed by atoms with E-state index in [-0.39, 0.29) is 10.4 Å². The molecule has 0 atom stereocenters. The van der Waals surface area contributed by atoms with Crippen molar-refractivity contribution in [3.8, 4) is 0 Å². The van der Waals surface area contributed by atoms with Crippen LogP contribution in [0.5, 0.6) is 0 Å². The average molecular weight is 342 g/mol. The van der Waals surface area contributed by atoms with Crippen LogP contribution in [-0.2, 0) is 0 Å². The Kier molecular flexibility index (Phi) is 4.05. The number of benzene rings is 1. The van der Waals surface area contributed by atoms with Gasteiger partial charge in [-0.15, -0.1) is 0 Å². The maximum absolute atomic E-state index is 13.5. The van der Waals surface area contributed by atoms with Crippen molar-refractivity contribution in [2.75, 3.05) is 39.3 Å². The average Bonchev–Trinajstić information content (AvgIpc) is 2.40. The van der Waals surface area contributed by atoms with Gasteiger partial charge in [0.2, 0.25) is 0 Å². The van der Waals surface area contributed by atoms with Crippen molar-refractivity contribution < 1.29 is 9.18 Å². The molecule has 0 bridgehead atoms. The summed E-state index contributed by atoms with van der Waals surface area (Å²) < 4.78 is 13.8. The second-order valence-corrected chi connectivity index (χ2v) is 6.03. The lowest BCUT2D eigenvalue weighted by molar-refractivity contribution is 0.0501. The lowest BCUT2D eigenvalue weighted by atomic mass is 10.1. The van der Waals surface area contributed by atoms with Crippen LogP contribution in [0.3, 0.4) is 0 Å². The first kappa shape index (κ1) is 14.0. The van der Waals surface area contributed by atoms with E-state index < -0.39 is 5.82 Å². The number of amides is 1. The van der Waals surface area contributed by atoms with Crippen molar-refractivity contribution in [1.29, 1.82) is 0 Å². The molecule has 2 saturated heterocycles. The maximum atomic E-state index is 13.5. The van der Waals surface area contributed by atoms with E-state index in [9.17, 15) is 9.18 Å². The number of carbonyl (C=O) groups excluding carboxylic acids is 1. The van der Waals surface area contributed by atoms with Crippen molar-refractivity contribution >= 4 is 21.8 Å². The second-order valence-electron chi connectivity index (χ2n) is 5.24. The standard InChI is InChI=1S/C14H17BrFN3O/c15-13-11(2-1-3-12(13)16)14(20)19-6-4-18(5-7-19)10-8-17-9-10/h1-3,10,17H,4-9H2. The first-order chi connectivity index (χ1) is 9.66. The number of piperazine rings is 1. The number of hydrogen-bond donors (Lipinski definition) is 1. The highest BCUT2D eigenvalue weighted by Gasteiger charge is 2.30. The molecule has 3 rings (SSSR count). The quantitative estimate of drug-likeness (QED) is 0.881. The topological polar surface area (TPSA) is 35.6 Å². The van der Waals surface area contributed by atoms with Crippen LogP contribution in [0.15, 0.2) is 22.7 Å². The summed E-state index contributed by atoms with van der Waals surface area (Å²) in [7, 11) is 0. The summed E-state index contributed by atoms with van der Waals surface area (Å²) in [5, 5.41) is 3.26. The van der Waals surface area contributed by atoms with Crippen molar-refractivity contribution in [1.82, 2.24) is 15.1 Å². The van der Waals surface area contributed by atoms with Gasteiger partial charge in [-0.2, -0.15) is 0 Å². The van der Waals surface area contributed by atoms with Gasteiger partial charge < -0.3 is 10.2 Å². The van der Waals surface area contributed by atoms with Gasteiger partial charge in [-0.05, 0) is 28.1 Å². The van der Waals surface area contributed by atoms with Gasteiger partial charge in [-0.1, -0.05) is 6.07 Å². The van der Waals surface area contributed by atoms with Gasteiger partial charge in [0.1, 0.15) is 5.82 Å². The molecule has 6 heteroatoms. The molecule has 2 heterocycles. The summed E-state index contributed by atoms with van der Waals surface area (Å²) in [6.45, 7) is 5.29. The minimum Gasteiger partial charge on any atom is -0.336 e. The Labute approximate surface area is 126 Å². The zero-order chi connectivity index (χ0) is 14.1. The largest absolute Gasteiger partial charge is 0.336 e. The summed E-state index contributed by atoms with van der Waals surface area (Å²) >= 11 is 3.16. The molecule has 20 heavy (non-hydrogen) atoms. The second kappa shape index (κ2) is 5.79. The molecule has 0 aliphatic carbocycles. The zero-order valence-electron chi connectivity index (χ0n) is 11.1. The van der Waals surface area contributed by atoms with Gasteiger partial charge in [0, 0.05) is 45.3 Å². The Balaban J connectivity index is 1.65. The van der Waals surface area contributed by atoms with E-state index in [0.29, 0.717) is 24.7 Å². The van der Waals surface area contributed by atoms with Crippen LogP contribution in [0, 0.1) is 5.82 Å². The number of nitrogens with zero attached hydrogens (tertiary/aromatic N) is 2. The molecule has 0 unspecified atom stereocenters. The maximum Gasteiger partial charge on any atom is 0.255 e. The van der Waals surface area contributed by atoms with E-state index in [1.165, 1.54) is 6.07 Å². The minimum absolute atomic E-state index is 0.0947. The Morgan fingerprint density at radius 3 is 2.55 bits per heavy atom. The molecule has 0 spiro atoms. The van der Waals surface area contributed by atoms with Gasteiger partial charge >= 0.3 is 0 Å². The normalized spacial score (nSPS) is 20.8. The van der Waals surface area contributed by atoms with E-state index in [2.05, 4.69) is 26.1 Å². The van der Waals surface area contributed by atoms with Gasteiger partial charge in [-0.25, -0.2) is 4.39 Å². The number of hydrogen-bond acceptors (Lipinski definition) is 3. The Bertz CT molecular complexity index is 513. The number of nitrogens with one attached hydrogen (secondary N) is 1. The highest BCUT2D eigenvalue weighted by molar-refractivity contribution is 9.10. The third kappa shape index (κ3) is 2.60. The fourth-order valence-corrected chi connectivity index (χ4v) is 3.10. The predicted molar refractivity (Wildman–Crippen MR) is 78.2 cm³/mol. The van der Waals surface area contributed by atoms with Crippen LogP contribution in [0.1, 0.15) is 10.4 Å². The highest BCUT2D eigenvalue weighted by atomic mass is 79.9. The summed E-state index contributed by atoms with van der Waals surface area (Å²) in [6, 6.07) is 5.21. The summed E-state index contributed by atoms with van der Waals surface area (Å²) in [5.41, 5.74) is 0.406. The lowest BCUT2D eigenvalue weighted by Gasteiger charge is -2.43. The molecule has 0 aromatic heterocycles. The number of halogens is 2. The summed E-state index contributed by atoms with van der Waals surface area (Å²) in [4.78, 5) is 16.7. The van der Waals surface area contributed by atoms with Crippen LogP contribution < -0.4 is 5.32 Å². The monoisotopic (exact) mass is 341 g/mol. The summed E-state index contributed by atoms with van der Waals surface area (Å²) in [5.74, 6) is -0.488. The molecule has 1 N–H and O–H groups in total. The molecular weight excluding hydrogens is 325 g/mol. The van der Waals surface area contributed by atoms with Crippen LogP contribution in [0.25, 0.3) is 0 Å². The van der Waals surface area contributed by atoms with E-state index in [0.717, 1.165) is 26.2 Å². The molecule has 2 aliphatic rings. The molecule has 0 saturated carbocycles. The summed E-state index contributed by atoms with van der Waals surface area (Å²) in [6.07, 6.45) is 0. The van der Waals surface area contributed by atoms with Gasteiger partial charge in [0.15, 0.2) is 0 Å².